The molecule has 6 heteroatoms. The average Bonchev–Trinajstić information content (AvgIpc) is 2.57. The van der Waals surface area contributed by atoms with E-state index < -0.39 is 5.91 Å². The monoisotopic (exact) mass is 322 g/mol. The third kappa shape index (κ3) is 7.65. The Bertz CT molecular complexity index is 491. The predicted molar refractivity (Wildman–Crippen MR) is 88.2 cm³/mol. The lowest BCUT2D eigenvalue weighted by Gasteiger charge is -2.12. The number of ether oxygens (including phenoxy) is 2. The fourth-order valence-corrected chi connectivity index (χ4v) is 1.88. The number of amides is 2. The van der Waals surface area contributed by atoms with Crippen molar-refractivity contribution in [2.75, 3.05) is 19.8 Å². The highest BCUT2D eigenvalue weighted by atomic mass is 16.5. The third-order valence-corrected chi connectivity index (χ3v) is 3.13. The Labute approximate surface area is 137 Å². The second kappa shape index (κ2) is 11.5. The zero-order chi connectivity index (χ0) is 16.9. The molecule has 6 nitrogen and oxygen atoms in total. The number of para-hydroxylation sites is 1. The van der Waals surface area contributed by atoms with E-state index >= 15 is 0 Å². The van der Waals surface area contributed by atoms with Gasteiger partial charge in [0.2, 0.25) is 5.91 Å². The molecular formula is C17H26N2O4. The minimum absolute atomic E-state index is 0.198. The summed E-state index contributed by atoms with van der Waals surface area (Å²) >= 11 is 0. The molecule has 0 aromatic heterocycles. The van der Waals surface area contributed by atoms with Crippen LogP contribution in [-0.2, 0) is 9.53 Å². The Morgan fingerprint density at radius 1 is 1.04 bits per heavy atom. The normalized spacial score (nSPS) is 10.2. The Balaban J connectivity index is 2.47. The molecule has 0 fully saturated rings. The summed E-state index contributed by atoms with van der Waals surface area (Å²) < 4.78 is 10.7. The Morgan fingerprint density at radius 3 is 2.57 bits per heavy atom. The van der Waals surface area contributed by atoms with Crippen LogP contribution >= 0.6 is 0 Å². The lowest BCUT2D eigenvalue weighted by Crippen LogP contribution is -2.42. The molecule has 0 unspecified atom stereocenters. The highest BCUT2D eigenvalue weighted by molar-refractivity contribution is 5.97. The first kappa shape index (κ1) is 19.0. The highest BCUT2D eigenvalue weighted by Gasteiger charge is 2.12. The number of carbonyl (C=O) groups is 2. The van der Waals surface area contributed by atoms with Crippen LogP contribution in [-0.4, -0.2) is 31.6 Å². The molecule has 0 aliphatic carbocycles. The van der Waals surface area contributed by atoms with Gasteiger partial charge >= 0.3 is 0 Å². The maximum absolute atomic E-state index is 12.2. The second-order valence-electron chi connectivity index (χ2n) is 5.00. The van der Waals surface area contributed by atoms with Crippen LogP contribution in [0.5, 0.6) is 5.75 Å². The molecule has 0 saturated heterocycles. The summed E-state index contributed by atoms with van der Waals surface area (Å²) in [5.74, 6) is -0.182. The van der Waals surface area contributed by atoms with E-state index in [1.807, 2.05) is 13.0 Å². The van der Waals surface area contributed by atoms with Gasteiger partial charge < -0.3 is 9.47 Å². The highest BCUT2D eigenvalue weighted by Crippen LogP contribution is 2.18. The predicted octanol–water partition coefficient (Wildman–Crippen LogP) is 2.44. The van der Waals surface area contributed by atoms with Gasteiger partial charge in [-0.05, 0) is 25.5 Å². The van der Waals surface area contributed by atoms with E-state index in [1.165, 1.54) is 0 Å². The first-order valence-electron chi connectivity index (χ1n) is 8.07. The summed E-state index contributed by atoms with van der Waals surface area (Å²) in [7, 11) is 0. The van der Waals surface area contributed by atoms with Crippen molar-refractivity contribution in [1.29, 1.82) is 0 Å². The quantitative estimate of drug-likeness (QED) is 0.512. The first-order chi connectivity index (χ1) is 11.2. The summed E-state index contributed by atoms with van der Waals surface area (Å²) in [6.07, 6.45) is 3.34. The molecule has 1 aromatic rings. The van der Waals surface area contributed by atoms with E-state index in [4.69, 9.17) is 9.47 Å². The number of nitrogens with one attached hydrogen (secondary N) is 2. The molecule has 23 heavy (non-hydrogen) atoms. The molecule has 1 rings (SSSR count). The van der Waals surface area contributed by atoms with E-state index in [9.17, 15) is 9.59 Å². The Morgan fingerprint density at radius 2 is 1.83 bits per heavy atom. The van der Waals surface area contributed by atoms with Gasteiger partial charge in [-0.25, -0.2) is 0 Å². The molecule has 128 valence electrons. The summed E-state index contributed by atoms with van der Waals surface area (Å²) in [6, 6.07) is 6.98. The molecule has 0 saturated carbocycles. The van der Waals surface area contributed by atoms with Gasteiger partial charge in [-0.2, -0.15) is 0 Å². The van der Waals surface area contributed by atoms with Crippen molar-refractivity contribution in [1.82, 2.24) is 10.9 Å². The van der Waals surface area contributed by atoms with Gasteiger partial charge in [-0.3, -0.25) is 20.4 Å². The molecule has 0 aliphatic heterocycles. The summed E-state index contributed by atoms with van der Waals surface area (Å²) in [6.45, 7) is 5.43. The van der Waals surface area contributed by atoms with E-state index in [0.29, 0.717) is 31.1 Å². The molecule has 1 aromatic carbocycles. The van der Waals surface area contributed by atoms with Crippen molar-refractivity contribution < 1.29 is 19.1 Å². The summed E-state index contributed by atoms with van der Waals surface area (Å²) in [5.41, 5.74) is 5.16. The number of hydrogen-bond donors (Lipinski definition) is 2. The standard InChI is InChI=1S/C17H26N2O4/c1-3-5-8-12-23-15-10-7-6-9-14(15)17(21)19-18-16(20)11-13-22-4-2/h6-7,9-10H,3-5,8,11-13H2,1-2H3,(H,18,20)(H,19,21). The minimum Gasteiger partial charge on any atom is -0.493 e. The molecule has 0 bridgehead atoms. The zero-order valence-corrected chi connectivity index (χ0v) is 13.9. The molecule has 0 aliphatic rings. The molecule has 0 atom stereocenters. The zero-order valence-electron chi connectivity index (χ0n) is 13.9. The van der Waals surface area contributed by atoms with Crippen molar-refractivity contribution >= 4 is 11.8 Å². The average molecular weight is 322 g/mol. The van der Waals surface area contributed by atoms with Crippen molar-refractivity contribution in [3.05, 3.63) is 29.8 Å². The number of rotatable bonds is 10. The van der Waals surface area contributed by atoms with Crippen LogP contribution in [0.2, 0.25) is 0 Å². The maximum atomic E-state index is 12.2. The molecular weight excluding hydrogens is 296 g/mol. The topological polar surface area (TPSA) is 76.7 Å². The molecule has 2 N–H and O–H groups in total. The SMILES string of the molecule is CCCCCOc1ccccc1C(=O)NNC(=O)CCOCC. The van der Waals surface area contributed by atoms with Crippen LogP contribution in [0.3, 0.4) is 0 Å². The number of carbonyl (C=O) groups excluding carboxylic acids is 2. The van der Waals surface area contributed by atoms with Gasteiger partial charge in [0, 0.05) is 6.61 Å². The van der Waals surface area contributed by atoms with Crippen molar-refractivity contribution in [2.45, 2.75) is 39.5 Å². The molecule has 2 amide bonds. The molecule has 0 spiro atoms. The molecule has 0 radical (unpaired) electrons. The van der Waals surface area contributed by atoms with Crippen LogP contribution in [0, 0.1) is 0 Å². The van der Waals surface area contributed by atoms with Crippen LogP contribution in [0.4, 0.5) is 0 Å². The first-order valence-corrected chi connectivity index (χ1v) is 8.07. The van der Waals surface area contributed by atoms with E-state index in [0.717, 1.165) is 19.3 Å². The Kier molecular flexibility index (Phi) is 9.47. The number of hydrazine groups is 1. The van der Waals surface area contributed by atoms with Crippen molar-refractivity contribution in [2.24, 2.45) is 0 Å². The van der Waals surface area contributed by atoms with Gasteiger partial charge in [-0.1, -0.05) is 31.9 Å². The fourth-order valence-electron chi connectivity index (χ4n) is 1.88. The number of benzene rings is 1. The lowest BCUT2D eigenvalue weighted by atomic mass is 10.2. The lowest BCUT2D eigenvalue weighted by molar-refractivity contribution is -0.122. The van der Waals surface area contributed by atoms with Crippen molar-refractivity contribution in [3.63, 3.8) is 0 Å². The van der Waals surface area contributed by atoms with Gasteiger partial charge in [-0.15, -0.1) is 0 Å². The summed E-state index contributed by atoms with van der Waals surface area (Å²) in [4.78, 5) is 23.7. The second-order valence-corrected chi connectivity index (χ2v) is 5.00. The van der Waals surface area contributed by atoms with E-state index in [-0.39, 0.29) is 12.3 Å². The number of hydrogen-bond acceptors (Lipinski definition) is 4. The van der Waals surface area contributed by atoms with Crippen LogP contribution < -0.4 is 15.6 Å². The smallest absolute Gasteiger partial charge is 0.273 e. The Hall–Kier alpha value is -2.08. The minimum atomic E-state index is -0.402. The fraction of sp³-hybridized carbons (Fsp3) is 0.529. The van der Waals surface area contributed by atoms with E-state index in [1.54, 1.807) is 18.2 Å². The van der Waals surface area contributed by atoms with Crippen molar-refractivity contribution in [3.8, 4) is 5.75 Å². The molecule has 0 heterocycles. The van der Waals surface area contributed by atoms with Gasteiger partial charge in [0.15, 0.2) is 0 Å². The number of unbranched alkanes of at least 4 members (excludes halogenated alkanes) is 2. The van der Waals surface area contributed by atoms with Gasteiger partial charge in [0.1, 0.15) is 5.75 Å². The van der Waals surface area contributed by atoms with Crippen LogP contribution in [0.15, 0.2) is 24.3 Å². The van der Waals surface area contributed by atoms with Crippen LogP contribution in [0.1, 0.15) is 49.9 Å². The summed E-state index contributed by atoms with van der Waals surface area (Å²) in [5, 5.41) is 0. The van der Waals surface area contributed by atoms with E-state index in [2.05, 4.69) is 17.8 Å². The third-order valence-electron chi connectivity index (χ3n) is 3.13. The maximum Gasteiger partial charge on any atom is 0.273 e. The van der Waals surface area contributed by atoms with Gasteiger partial charge in [0.05, 0.1) is 25.2 Å². The van der Waals surface area contributed by atoms with Crippen LogP contribution in [0.25, 0.3) is 0 Å². The largest absolute Gasteiger partial charge is 0.493 e. The van der Waals surface area contributed by atoms with Gasteiger partial charge in [0.25, 0.3) is 5.91 Å².